The van der Waals surface area contributed by atoms with Crippen LogP contribution in [0.3, 0.4) is 0 Å². The largest absolute Gasteiger partial charge is 0.480 e. The summed E-state index contributed by atoms with van der Waals surface area (Å²) in [5, 5.41) is 15.3. The minimum absolute atomic E-state index is 0.0683. The smallest absolute Gasteiger partial charge is 0.405 e. The fourth-order valence-corrected chi connectivity index (χ4v) is 4.37. The number of anilines is 3. The third-order valence-corrected chi connectivity index (χ3v) is 6.28. The molecule has 4 rings (SSSR count). The minimum Gasteiger partial charge on any atom is -0.480 e. The van der Waals surface area contributed by atoms with Gasteiger partial charge in [-0.15, -0.1) is 0 Å². The van der Waals surface area contributed by atoms with Crippen molar-refractivity contribution in [3.8, 4) is 11.3 Å². The van der Waals surface area contributed by atoms with E-state index >= 15 is 0 Å². The predicted molar refractivity (Wildman–Crippen MR) is 141 cm³/mol. The zero-order chi connectivity index (χ0) is 27.8. The van der Waals surface area contributed by atoms with Gasteiger partial charge in [-0.3, -0.25) is 14.6 Å². The van der Waals surface area contributed by atoms with Gasteiger partial charge in [0.25, 0.3) is 0 Å². The normalized spacial score (nSPS) is 16.7. The first-order valence-electron chi connectivity index (χ1n) is 12.6. The van der Waals surface area contributed by atoms with E-state index in [2.05, 4.69) is 25.6 Å². The summed E-state index contributed by atoms with van der Waals surface area (Å²) in [6.45, 7) is 0.968. The van der Waals surface area contributed by atoms with Crippen molar-refractivity contribution in [2.45, 2.75) is 25.2 Å². The molecule has 0 spiro atoms. The van der Waals surface area contributed by atoms with Crippen LogP contribution < -0.4 is 16.4 Å². The number of hydrogen-bond acceptors (Lipinski definition) is 9. The van der Waals surface area contributed by atoms with E-state index in [0.717, 1.165) is 24.3 Å². The maximum atomic E-state index is 13.8. The molecule has 5 N–H and O–H groups in total. The van der Waals surface area contributed by atoms with E-state index in [1.54, 1.807) is 42.7 Å². The fraction of sp³-hybridized carbons (Fsp3) is 0.385. The average Bonchev–Trinajstić information content (AvgIpc) is 2.90. The van der Waals surface area contributed by atoms with Gasteiger partial charge in [-0.25, -0.2) is 15.0 Å². The van der Waals surface area contributed by atoms with Crippen LogP contribution >= 0.6 is 0 Å². The summed E-state index contributed by atoms with van der Waals surface area (Å²) < 4.78 is 41.4. The summed E-state index contributed by atoms with van der Waals surface area (Å²) >= 11 is 0. The molecule has 1 aliphatic rings. The SMILES string of the molecule is NCCCNc1ccc(-c2ccnc(Nc3cccc(CN4CCN(CC(=O)O)CC4C(F)(F)F)c3)n2)cn1. The van der Waals surface area contributed by atoms with Gasteiger partial charge < -0.3 is 21.5 Å². The maximum Gasteiger partial charge on any atom is 0.405 e. The molecule has 1 aliphatic heterocycles. The lowest BCUT2D eigenvalue weighted by atomic mass is 10.1. The molecule has 208 valence electrons. The Labute approximate surface area is 224 Å². The summed E-state index contributed by atoms with van der Waals surface area (Å²) in [6.07, 6.45) is -0.302. The molecule has 0 saturated carbocycles. The molecule has 13 heteroatoms. The van der Waals surface area contributed by atoms with Crippen molar-refractivity contribution in [2.75, 3.05) is 49.9 Å². The van der Waals surface area contributed by atoms with Crippen LogP contribution in [0.2, 0.25) is 0 Å². The number of alkyl halides is 3. The summed E-state index contributed by atoms with van der Waals surface area (Å²) in [5.41, 5.74) is 8.29. The molecular formula is C26H31F3N8O2. The van der Waals surface area contributed by atoms with E-state index < -0.39 is 24.7 Å². The zero-order valence-corrected chi connectivity index (χ0v) is 21.2. The first-order chi connectivity index (χ1) is 18.7. The molecule has 3 aromatic rings. The highest BCUT2D eigenvalue weighted by molar-refractivity contribution is 5.69. The molecule has 0 bridgehead atoms. The van der Waals surface area contributed by atoms with Gasteiger partial charge in [-0.05, 0) is 48.9 Å². The number of nitrogens with one attached hydrogen (secondary N) is 2. The Kier molecular flexibility index (Phi) is 9.28. The van der Waals surface area contributed by atoms with E-state index in [1.165, 1.54) is 9.80 Å². The van der Waals surface area contributed by atoms with E-state index in [1.807, 2.05) is 12.1 Å². The lowest BCUT2D eigenvalue weighted by Gasteiger charge is -2.41. The number of benzene rings is 1. The highest BCUT2D eigenvalue weighted by Crippen LogP contribution is 2.29. The standard InChI is InChI=1S/C26H31F3N8O2/c27-26(28,29)22-16-36(17-24(38)39)11-12-37(22)15-18-3-1-4-20(13-18)34-25-32-10-7-21(35-25)19-5-6-23(33-14-19)31-9-2-8-30/h1,3-7,10,13-14,22H,2,8-9,11-12,15-17,30H2,(H,31,33)(H,38,39)(H,32,34,35). The lowest BCUT2D eigenvalue weighted by molar-refractivity contribution is -0.199. The molecule has 3 heterocycles. The Morgan fingerprint density at radius 3 is 2.72 bits per heavy atom. The Morgan fingerprint density at radius 2 is 2.00 bits per heavy atom. The van der Waals surface area contributed by atoms with Crippen LogP contribution in [0.25, 0.3) is 11.3 Å². The predicted octanol–water partition coefficient (Wildman–Crippen LogP) is 3.18. The minimum atomic E-state index is -4.48. The molecule has 1 saturated heterocycles. The Hall–Kier alpha value is -3.81. The first-order valence-corrected chi connectivity index (χ1v) is 12.6. The van der Waals surface area contributed by atoms with Crippen LogP contribution in [0.1, 0.15) is 12.0 Å². The number of nitrogens with two attached hydrogens (primary N) is 1. The molecule has 1 fully saturated rings. The highest BCUT2D eigenvalue weighted by Gasteiger charge is 2.46. The quantitative estimate of drug-likeness (QED) is 0.267. The van der Waals surface area contributed by atoms with E-state index in [-0.39, 0.29) is 26.2 Å². The summed E-state index contributed by atoms with van der Waals surface area (Å²) in [4.78, 5) is 26.9. The first kappa shape index (κ1) is 28.2. The number of halogens is 3. The van der Waals surface area contributed by atoms with Crippen molar-refractivity contribution in [1.29, 1.82) is 0 Å². The number of carboxylic acids is 1. The molecule has 2 aromatic heterocycles. The van der Waals surface area contributed by atoms with Gasteiger partial charge in [0.2, 0.25) is 5.95 Å². The number of aromatic nitrogens is 3. The topological polar surface area (TPSA) is 133 Å². The van der Waals surface area contributed by atoms with Gasteiger partial charge >= 0.3 is 12.1 Å². The molecule has 1 unspecified atom stereocenters. The van der Waals surface area contributed by atoms with Gasteiger partial charge in [-0.1, -0.05) is 12.1 Å². The van der Waals surface area contributed by atoms with Crippen molar-refractivity contribution in [3.63, 3.8) is 0 Å². The molecule has 0 aliphatic carbocycles. The summed E-state index contributed by atoms with van der Waals surface area (Å²) in [7, 11) is 0. The Morgan fingerprint density at radius 1 is 1.15 bits per heavy atom. The Bertz CT molecular complexity index is 1240. The number of nitrogens with zero attached hydrogens (tertiary/aromatic N) is 5. The third-order valence-electron chi connectivity index (χ3n) is 6.28. The number of carbonyl (C=O) groups is 1. The van der Waals surface area contributed by atoms with E-state index in [4.69, 9.17) is 10.8 Å². The van der Waals surface area contributed by atoms with Crippen LogP contribution in [0.4, 0.5) is 30.6 Å². The third kappa shape index (κ3) is 8.09. The summed E-state index contributed by atoms with van der Waals surface area (Å²) in [5.74, 6) is -0.0595. The van der Waals surface area contributed by atoms with Crippen molar-refractivity contribution in [1.82, 2.24) is 24.8 Å². The van der Waals surface area contributed by atoms with Gasteiger partial charge in [0, 0.05) is 56.4 Å². The van der Waals surface area contributed by atoms with Gasteiger partial charge in [0.05, 0.1) is 12.2 Å². The van der Waals surface area contributed by atoms with Gasteiger partial charge in [-0.2, -0.15) is 13.2 Å². The van der Waals surface area contributed by atoms with Crippen molar-refractivity contribution < 1.29 is 23.1 Å². The van der Waals surface area contributed by atoms with Crippen molar-refractivity contribution in [2.24, 2.45) is 5.73 Å². The van der Waals surface area contributed by atoms with Crippen molar-refractivity contribution >= 4 is 23.4 Å². The van der Waals surface area contributed by atoms with Crippen LogP contribution in [0.5, 0.6) is 0 Å². The number of pyridine rings is 1. The maximum absolute atomic E-state index is 13.8. The fourth-order valence-electron chi connectivity index (χ4n) is 4.37. The number of aliphatic carboxylic acids is 1. The molecular weight excluding hydrogens is 513 g/mol. The second-order valence-electron chi connectivity index (χ2n) is 9.25. The van der Waals surface area contributed by atoms with Crippen LogP contribution in [-0.2, 0) is 11.3 Å². The van der Waals surface area contributed by atoms with Crippen LogP contribution in [-0.4, -0.2) is 87.3 Å². The lowest BCUT2D eigenvalue weighted by Crippen LogP contribution is -2.59. The second kappa shape index (κ2) is 12.8. The van der Waals surface area contributed by atoms with Gasteiger partial charge in [0.1, 0.15) is 11.9 Å². The average molecular weight is 545 g/mol. The number of carboxylic acid groups (broad SMARTS) is 1. The number of piperazine rings is 1. The monoisotopic (exact) mass is 544 g/mol. The molecule has 1 atom stereocenters. The second-order valence-corrected chi connectivity index (χ2v) is 9.25. The van der Waals surface area contributed by atoms with Crippen LogP contribution in [0, 0.1) is 0 Å². The van der Waals surface area contributed by atoms with E-state index in [0.29, 0.717) is 29.4 Å². The van der Waals surface area contributed by atoms with Crippen LogP contribution in [0.15, 0.2) is 54.9 Å². The number of rotatable bonds is 11. The molecule has 0 radical (unpaired) electrons. The molecule has 0 amide bonds. The molecule has 1 aromatic carbocycles. The van der Waals surface area contributed by atoms with E-state index in [9.17, 15) is 18.0 Å². The molecule has 39 heavy (non-hydrogen) atoms. The molecule has 10 nitrogen and oxygen atoms in total. The summed E-state index contributed by atoms with van der Waals surface area (Å²) in [6, 6.07) is 10.8. The Balaban J connectivity index is 1.42. The van der Waals surface area contributed by atoms with Crippen molar-refractivity contribution in [3.05, 3.63) is 60.4 Å². The zero-order valence-electron chi connectivity index (χ0n) is 21.2. The number of hydrogen-bond donors (Lipinski definition) is 4. The highest BCUT2D eigenvalue weighted by atomic mass is 19.4. The van der Waals surface area contributed by atoms with Gasteiger partial charge in [0.15, 0.2) is 0 Å².